The van der Waals surface area contributed by atoms with Gasteiger partial charge in [-0.05, 0) is 0 Å². The first-order valence-corrected chi connectivity index (χ1v) is 3.11. The van der Waals surface area contributed by atoms with Gasteiger partial charge in [-0.2, -0.15) is 0 Å². The number of rotatable bonds is 2. The SMILES string of the molecule is C#CC[C@@H](N)c1cc(=O)o[nH]1. The van der Waals surface area contributed by atoms with Crippen LogP contribution in [-0.4, -0.2) is 5.16 Å². The number of hydrogen-bond donors (Lipinski definition) is 2. The lowest BCUT2D eigenvalue weighted by Gasteiger charge is -2.01. The van der Waals surface area contributed by atoms with E-state index < -0.39 is 5.63 Å². The standard InChI is InChI=1S/C7H8N2O2/c1-2-3-5(8)6-4-7(10)11-9-6/h1,4-5,9H,3,8H2/t5-/m1/s1. The van der Waals surface area contributed by atoms with Crippen molar-refractivity contribution in [1.29, 1.82) is 0 Å². The third-order valence-corrected chi connectivity index (χ3v) is 1.28. The highest BCUT2D eigenvalue weighted by atomic mass is 16.5. The predicted molar refractivity (Wildman–Crippen MR) is 39.7 cm³/mol. The summed E-state index contributed by atoms with van der Waals surface area (Å²) in [4.78, 5) is 10.5. The summed E-state index contributed by atoms with van der Waals surface area (Å²) in [6.07, 6.45) is 5.41. The summed E-state index contributed by atoms with van der Waals surface area (Å²) in [5.41, 5.74) is 5.64. The van der Waals surface area contributed by atoms with Gasteiger partial charge >= 0.3 is 5.63 Å². The van der Waals surface area contributed by atoms with Crippen molar-refractivity contribution in [3.8, 4) is 12.3 Å². The Morgan fingerprint density at radius 3 is 3.09 bits per heavy atom. The number of nitrogens with two attached hydrogens (primary N) is 1. The van der Waals surface area contributed by atoms with Crippen molar-refractivity contribution >= 4 is 0 Å². The second-order valence-electron chi connectivity index (χ2n) is 2.14. The zero-order valence-corrected chi connectivity index (χ0v) is 5.83. The number of H-pyrrole nitrogens is 1. The summed E-state index contributed by atoms with van der Waals surface area (Å²) in [7, 11) is 0. The maximum Gasteiger partial charge on any atom is 0.357 e. The first kappa shape index (κ1) is 7.63. The van der Waals surface area contributed by atoms with Crippen molar-refractivity contribution in [1.82, 2.24) is 5.16 Å². The largest absolute Gasteiger partial charge is 0.357 e. The van der Waals surface area contributed by atoms with Crippen molar-refractivity contribution in [2.75, 3.05) is 0 Å². The van der Waals surface area contributed by atoms with Gasteiger partial charge < -0.3 is 10.3 Å². The molecule has 0 aliphatic carbocycles. The quantitative estimate of drug-likeness (QED) is 0.585. The molecule has 0 saturated heterocycles. The van der Waals surface area contributed by atoms with Crippen LogP contribution in [0.1, 0.15) is 18.2 Å². The highest BCUT2D eigenvalue weighted by molar-refractivity contribution is 5.05. The summed E-state index contributed by atoms with van der Waals surface area (Å²) in [5.74, 6) is 2.39. The fourth-order valence-electron chi connectivity index (χ4n) is 0.715. The van der Waals surface area contributed by atoms with E-state index in [0.29, 0.717) is 12.1 Å². The Kier molecular flexibility index (Phi) is 2.14. The molecule has 0 fully saturated rings. The van der Waals surface area contributed by atoms with E-state index >= 15 is 0 Å². The number of terminal acetylenes is 1. The van der Waals surface area contributed by atoms with Crippen LogP contribution in [0.25, 0.3) is 0 Å². The van der Waals surface area contributed by atoms with Crippen LogP contribution in [0.4, 0.5) is 0 Å². The van der Waals surface area contributed by atoms with Crippen molar-refractivity contribution in [2.45, 2.75) is 12.5 Å². The van der Waals surface area contributed by atoms with Crippen LogP contribution in [0.5, 0.6) is 0 Å². The third kappa shape index (κ3) is 1.72. The molecular formula is C7H8N2O2. The Morgan fingerprint density at radius 1 is 1.91 bits per heavy atom. The van der Waals surface area contributed by atoms with Crippen molar-refractivity contribution < 1.29 is 4.52 Å². The van der Waals surface area contributed by atoms with Crippen LogP contribution >= 0.6 is 0 Å². The average molecular weight is 152 g/mol. The fourth-order valence-corrected chi connectivity index (χ4v) is 0.715. The van der Waals surface area contributed by atoms with Gasteiger partial charge in [0.15, 0.2) is 0 Å². The molecule has 0 aliphatic heterocycles. The number of aromatic amines is 1. The normalized spacial score (nSPS) is 12.4. The van der Waals surface area contributed by atoms with Gasteiger partial charge in [-0.3, -0.25) is 0 Å². The maximum atomic E-state index is 10.5. The summed E-state index contributed by atoms with van der Waals surface area (Å²) >= 11 is 0. The molecule has 1 rings (SSSR count). The summed E-state index contributed by atoms with van der Waals surface area (Å²) in [6, 6.07) is 0.952. The van der Waals surface area contributed by atoms with Gasteiger partial charge in [0.1, 0.15) is 0 Å². The zero-order chi connectivity index (χ0) is 8.27. The minimum absolute atomic E-state index is 0.341. The Morgan fingerprint density at radius 2 is 2.64 bits per heavy atom. The van der Waals surface area contributed by atoms with Gasteiger partial charge in [-0.1, -0.05) is 0 Å². The molecule has 11 heavy (non-hydrogen) atoms. The molecule has 58 valence electrons. The summed E-state index contributed by atoms with van der Waals surface area (Å²) < 4.78 is 4.40. The van der Waals surface area contributed by atoms with Gasteiger partial charge in [0, 0.05) is 12.5 Å². The molecule has 0 unspecified atom stereocenters. The molecule has 3 N–H and O–H groups in total. The van der Waals surface area contributed by atoms with E-state index in [1.807, 2.05) is 0 Å². The summed E-state index contributed by atoms with van der Waals surface area (Å²) in [5, 5.41) is 2.38. The molecule has 0 aromatic carbocycles. The molecule has 0 bridgehead atoms. The number of aromatic nitrogens is 1. The van der Waals surface area contributed by atoms with Crippen LogP contribution in [0.2, 0.25) is 0 Å². The lowest BCUT2D eigenvalue weighted by molar-refractivity contribution is 0.380. The minimum Gasteiger partial charge on any atom is -0.339 e. The Labute approximate surface area is 63.4 Å². The summed E-state index contributed by atoms with van der Waals surface area (Å²) in [6.45, 7) is 0. The van der Waals surface area contributed by atoms with E-state index in [1.165, 1.54) is 6.07 Å². The topological polar surface area (TPSA) is 72.0 Å². The predicted octanol–water partition coefficient (Wildman–Crippen LogP) is -0.00900. The monoisotopic (exact) mass is 152 g/mol. The smallest absolute Gasteiger partial charge is 0.339 e. The zero-order valence-electron chi connectivity index (χ0n) is 5.83. The molecule has 0 radical (unpaired) electrons. The van der Waals surface area contributed by atoms with E-state index in [4.69, 9.17) is 12.2 Å². The number of nitrogens with one attached hydrogen (secondary N) is 1. The number of hydrogen-bond acceptors (Lipinski definition) is 3. The van der Waals surface area contributed by atoms with E-state index in [0.717, 1.165) is 0 Å². The van der Waals surface area contributed by atoms with Crippen molar-refractivity contribution in [3.63, 3.8) is 0 Å². The van der Waals surface area contributed by atoms with Gasteiger partial charge in [0.25, 0.3) is 0 Å². The molecule has 4 heteroatoms. The van der Waals surface area contributed by atoms with Gasteiger partial charge in [0.2, 0.25) is 0 Å². The molecule has 0 aliphatic rings. The molecular weight excluding hydrogens is 144 g/mol. The molecule has 0 spiro atoms. The third-order valence-electron chi connectivity index (χ3n) is 1.28. The lowest BCUT2D eigenvalue weighted by Crippen LogP contribution is -2.09. The molecule has 1 heterocycles. The lowest BCUT2D eigenvalue weighted by atomic mass is 10.2. The van der Waals surface area contributed by atoms with Crippen LogP contribution in [0.15, 0.2) is 15.4 Å². The Balaban J connectivity index is 2.78. The minimum atomic E-state index is -0.438. The molecule has 4 nitrogen and oxygen atoms in total. The van der Waals surface area contributed by atoms with Crippen molar-refractivity contribution in [3.05, 3.63) is 22.2 Å². The Bertz CT molecular complexity index is 318. The molecule has 0 amide bonds. The average Bonchev–Trinajstić information content (AvgIpc) is 2.36. The van der Waals surface area contributed by atoms with Gasteiger partial charge in [-0.15, -0.1) is 12.3 Å². The van der Waals surface area contributed by atoms with E-state index in [9.17, 15) is 4.79 Å². The molecule has 1 aromatic heterocycles. The Hall–Kier alpha value is -1.47. The first-order chi connectivity index (χ1) is 5.24. The molecule has 0 saturated carbocycles. The van der Waals surface area contributed by atoms with Crippen molar-refractivity contribution in [2.24, 2.45) is 5.73 Å². The van der Waals surface area contributed by atoms with E-state index in [1.54, 1.807) is 0 Å². The highest BCUT2D eigenvalue weighted by Crippen LogP contribution is 2.06. The first-order valence-electron chi connectivity index (χ1n) is 3.11. The second-order valence-corrected chi connectivity index (χ2v) is 2.14. The van der Waals surface area contributed by atoms with Gasteiger partial charge in [-0.25, -0.2) is 9.95 Å². The van der Waals surface area contributed by atoms with Gasteiger partial charge in [0.05, 0.1) is 11.7 Å². The molecule has 1 atom stereocenters. The van der Waals surface area contributed by atoms with Crippen LogP contribution in [-0.2, 0) is 0 Å². The fraction of sp³-hybridized carbons (Fsp3) is 0.286. The van der Waals surface area contributed by atoms with E-state index in [-0.39, 0.29) is 6.04 Å². The highest BCUT2D eigenvalue weighted by Gasteiger charge is 2.06. The maximum absolute atomic E-state index is 10.5. The van der Waals surface area contributed by atoms with Crippen LogP contribution in [0, 0.1) is 12.3 Å². The van der Waals surface area contributed by atoms with Crippen LogP contribution in [0.3, 0.4) is 0 Å². The van der Waals surface area contributed by atoms with E-state index in [2.05, 4.69) is 15.6 Å². The molecule has 1 aromatic rings. The van der Waals surface area contributed by atoms with Crippen LogP contribution < -0.4 is 11.4 Å². The second kappa shape index (κ2) is 3.08.